The summed E-state index contributed by atoms with van der Waals surface area (Å²) in [6, 6.07) is 10.7. The van der Waals surface area contributed by atoms with Crippen LogP contribution in [0.1, 0.15) is 30.0 Å². The van der Waals surface area contributed by atoms with E-state index >= 15 is 0 Å². The Labute approximate surface area is 199 Å². The molecule has 6 nitrogen and oxygen atoms in total. The van der Waals surface area contributed by atoms with Crippen molar-refractivity contribution in [2.24, 2.45) is 0 Å². The molecule has 2 rings (SSSR count). The van der Waals surface area contributed by atoms with Crippen molar-refractivity contribution in [3.8, 4) is 11.1 Å². The van der Waals surface area contributed by atoms with Gasteiger partial charge in [-0.25, -0.2) is 14.0 Å². The van der Waals surface area contributed by atoms with E-state index in [-0.39, 0.29) is 30.2 Å². The molecule has 0 bridgehead atoms. The maximum Gasteiger partial charge on any atom is 0.335 e. The van der Waals surface area contributed by atoms with Gasteiger partial charge in [0.2, 0.25) is 0 Å². The molecule has 0 unspecified atom stereocenters. The standard InChI is InChI=1S/C27H31FO6/c1-4-5-20-6-7-24(25(28)15-20)23-13-21(8-10-33-26(31)18(2)16-29)12-22(14-23)9-11-34-27(32)19(3)17-30/h6-7,12-15,29-30H,2-5,8-11,16-17H2,1H3. The molecule has 0 aliphatic heterocycles. The van der Waals surface area contributed by atoms with Crippen LogP contribution in [0.4, 0.5) is 4.39 Å². The lowest BCUT2D eigenvalue weighted by Crippen LogP contribution is -2.13. The lowest BCUT2D eigenvalue weighted by atomic mass is 9.96. The molecule has 2 N–H and O–H groups in total. The summed E-state index contributed by atoms with van der Waals surface area (Å²) in [6.07, 6.45) is 2.43. The zero-order chi connectivity index (χ0) is 25.1. The van der Waals surface area contributed by atoms with Gasteiger partial charge in [-0.05, 0) is 34.7 Å². The first kappa shape index (κ1) is 27.0. The Hall–Kier alpha value is -3.29. The van der Waals surface area contributed by atoms with Crippen LogP contribution in [0.15, 0.2) is 60.7 Å². The molecule has 0 heterocycles. The van der Waals surface area contributed by atoms with E-state index in [0.717, 1.165) is 29.5 Å². The van der Waals surface area contributed by atoms with Crippen LogP contribution in [-0.2, 0) is 38.3 Å². The van der Waals surface area contributed by atoms with Crippen LogP contribution in [0.3, 0.4) is 0 Å². The zero-order valence-corrected chi connectivity index (χ0v) is 19.4. The number of ether oxygens (including phenoxy) is 2. The fraction of sp³-hybridized carbons (Fsp3) is 0.333. The fourth-order valence-electron chi connectivity index (χ4n) is 3.30. The van der Waals surface area contributed by atoms with E-state index in [4.69, 9.17) is 19.7 Å². The number of carbonyl (C=O) groups is 2. The minimum atomic E-state index is -0.674. The van der Waals surface area contributed by atoms with Gasteiger partial charge in [-0.3, -0.25) is 0 Å². The topological polar surface area (TPSA) is 93.1 Å². The number of hydrogen-bond acceptors (Lipinski definition) is 6. The molecule has 2 aromatic rings. The number of halogens is 1. The third-order valence-corrected chi connectivity index (χ3v) is 5.14. The van der Waals surface area contributed by atoms with Crippen LogP contribution >= 0.6 is 0 Å². The molecule has 0 aliphatic carbocycles. The molecule has 0 atom stereocenters. The van der Waals surface area contributed by atoms with Gasteiger partial charge in [-0.2, -0.15) is 0 Å². The van der Waals surface area contributed by atoms with Crippen LogP contribution < -0.4 is 0 Å². The van der Waals surface area contributed by atoms with Gasteiger partial charge in [-0.15, -0.1) is 0 Å². The second-order valence-corrected chi connectivity index (χ2v) is 7.90. The van der Waals surface area contributed by atoms with E-state index in [0.29, 0.717) is 24.0 Å². The van der Waals surface area contributed by atoms with E-state index in [9.17, 15) is 14.0 Å². The number of aryl methyl sites for hydroxylation is 1. The Bertz CT molecular complexity index is 991. The maximum atomic E-state index is 14.9. The van der Waals surface area contributed by atoms with Crippen molar-refractivity contribution >= 4 is 11.9 Å². The van der Waals surface area contributed by atoms with Crippen LogP contribution in [-0.4, -0.2) is 48.6 Å². The molecule has 0 saturated heterocycles. The first-order valence-electron chi connectivity index (χ1n) is 11.1. The van der Waals surface area contributed by atoms with Crippen molar-refractivity contribution in [1.82, 2.24) is 0 Å². The van der Waals surface area contributed by atoms with Crippen LogP contribution in [0.5, 0.6) is 0 Å². The highest BCUT2D eigenvalue weighted by molar-refractivity contribution is 5.88. The molecular weight excluding hydrogens is 439 g/mol. The number of aliphatic hydroxyl groups excluding tert-OH is 2. The van der Waals surface area contributed by atoms with Crippen molar-refractivity contribution in [2.75, 3.05) is 26.4 Å². The Morgan fingerprint density at radius 2 is 1.35 bits per heavy atom. The molecule has 0 radical (unpaired) electrons. The molecule has 34 heavy (non-hydrogen) atoms. The van der Waals surface area contributed by atoms with Gasteiger partial charge in [0.15, 0.2) is 0 Å². The van der Waals surface area contributed by atoms with Gasteiger partial charge in [0, 0.05) is 18.4 Å². The molecule has 0 saturated carbocycles. The van der Waals surface area contributed by atoms with E-state index in [1.807, 2.05) is 31.2 Å². The summed E-state index contributed by atoms with van der Waals surface area (Å²) in [5.74, 6) is -1.68. The summed E-state index contributed by atoms with van der Waals surface area (Å²) < 4.78 is 25.1. The zero-order valence-electron chi connectivity index (χ0n) is 19.4. The lowest BCUT2D eigenvalue weighted by Gasteiger charge is -2.13. The van der Waals surface area contributed by atoms with Gasteiger partial charge in [-0.1, -0.05) is 56.8 Å². The van der Waals surface area contributed by atoms with Crippen LogP contribution in [0, 0.1) is 5.82 Å². The first-order valence-corrected chi connectivity index (χ1v) is 11.1. The smallest absolute Gasteiger partial charge is 0.335 e. The maximum absolute atomic E-state index is 14.9. The normalized spacial score (nSPS) is 10.6. The Morgan fingerprint density at radius 3 is 1.79 bits per heavy atom. The average Bonchev–Trinajstić information content (AvgIpc) is 2.83. The quantitative estimate of drug-likeness (QED) is 0.342. The second-order valence-electron chi connectivity index (χ2n) is 7.90. The lowest BCUT2D eigenvalue weighted by molar-refractivity contribution is -0.140. The number of esters is 2. The number of benzene rings is 2. The molecule has 0 aromatic heterocycles. The number of rotatable bonds is 13. The molecule has 0 aliphatic rings. The van der Waals surface area contributed by atoms with Crippen molar-refractivity contribution in [2.45, 2.75) is 32.6 Å². The Kier molecular flexibility index (Phi) is 10.6. The summed E-state index contributed by atoms with van der Waals surface area (Å²) in [5.41, 5.74) is 3.57. The summed E-state index contributed by atoms with van der Waals surface area (Å²) in [5, 5.41) is 18.0. The van der Waals surface area contributed by atoms with Crippen molar-refractivity contribution < 1.29 is 33.7 Å². The summed E-state index contributed by atoms with van der Waals surface area (Å²) in [4.78, 5) is 23.5. The molecule has 2 aromatic carbocycles. The molecular formula is C27H31FO6. The predicted molar refractivity (Wildman–Crippen MR) is 128 cm³/mol. The molecule has 182 valence electrons. The molecule has 0 amide bonds. The van der Waals surface area contributed by atoms with Gasteiger partial charge in [0.25, 0.3) is 0 Å². The molecule has 0 spiro atoms. The first-order chi connectivity index (χ1) is 16.3. The highest BCUT2D eigenvalue weighted by Crippen LogP contribution is 2.27. The summed E-state index contributed by atoms with van der Waals surface area (Å²) in [6.45, 7) is 8.06. The predicted octanol–water partition coefficient (Wildman–Crippen LogP) is 3.71. The van der Waals surface area contributed by atoms with Crippen LogP contribution in [0.25, 0.3) is 11.1 Å². The van der Waals surface area contributed by atoms with Gasteiger partial charge >= 0.3 is 11.9 Å². The van der Waals surface area contributed by atoms with E-state index in [2.05, 4.69) is 13.2 Å². The Morgan fingerprint density at radius 1 is 0.824 bits per heavy atom. The number of carbonyl (C=O) groups excluding carboxylic acids is 2. The third kappa shape index (κ3) is 7.93. The number of hydrogen-bond donors (Lipinski definition) is 2. The molecule has 0 fully saturated rings. The minimum Gasteiger partial charge on any atom is -0.462 e. The summed E-state index contributed by atoms with van der Waals surface area (Å²) in [7, 11) is 0. The minimum absolute atomic E-state index is 0.0324. The van der Waals surface area contributed by atoms with Gasteiger partial charge in [0.05, 0.1) is 37.6 Å². The summed E-state index contributed by atoms with van der Waals surface area (Å²) >= 11 is 0. The fourth-order valence-corrected chi connectivity index (χ4v) is 3.30. The van der Waals surface area contributed by atoms with Gasteiger partial charge in [0.1, 0.15) is 5.82 Å². The number of aliphatic hydroxyl groups is 2. The van der Waals surface area contributed by atoms with Crippen LogP contribution in [0.2, 0.25) is 0 Å². The SMILES string of the molecule is C=C(CO)C(=O)OCCc1cc(CCOC(=O)C(=C)CO)cc(-c2ccc(CCC)cc2F)c1. The van der Waals surface area contributed by atoms with E-state index in [1.54, 1.807) is 6.07 Å². The monoisotopic (exact) mass is 470 g/mol. The van der Waals surface area contributed by atoms with Crippen molar-refractivity contribution in [1.29, 1.82) is 0 Å². The van der Waals surface area contributed by atoms with E-state index in [1.165, 1.54) is 6.07 Å². The third-order valence-electron chi connectivity index (χ3n) is 5.14. The largest absolute Gasteiger partial charge is 0.462 e. The highest BCUT2D eigenvalue weighted by atomic mass is 19.1. The highest BCUT2D eigenvalue weighted by Gasteiger charge is 2.12. The van der Waals surface area contributed by atoms with E-state index < -0.39 is 25.2 Å². The average molecular weight is 471 g/mol. The Balaban J connectivity index is 2.24. The second kappa shape index (κ2) is 13.4. The van der Waals surface area contributed by atoms with Crippen molar-refractivity contribution in [3.05, 3.63) is 83.2 Å². The van der Waals surface area contributed by atoms with Crippen molar-refractivity contribution in [3.63, 3.8) is 0 Å². The van der Waals surface area contributed by atoms with Gasteiger partial charge < -0.3 is 19.7 Å². The molecule has 7 heteroatoms.